The number of aromatic nitrogens is 3. The van der Waals surface area contributed by atoms with E-state index in [1.54, 1.807) is 36.2 Å². The third-order valence-corrected chi connectivity index (χ3v) is 6.78. The van der Waals surface area contributed by atoms with E-state index >= 15 is 0 Å². The van der Waals surface area contributed by atoms with E-state index in [2.05, 4.69) is 47.9 Å². The minimum atomic E-state index is -0.771. The van der Waals surface area contributed by atoms with Gasteiger partial charge in [-0.2, -0.15) is 20.2 Å². The van der Waals surface area contributed by atoms with Gasteiger partial charge in [0.1, 0.15) is 11.6 Å². The van der Waals surface area contributed by atoms with Crippen molar-refractivity contribution in [3.63, 3.8) is 0 Å². The molecule has 1 aliphatic heterocycles. The first-order valence-electron chi connectivity index (χ1n) is 14.4. The van der Waals surface area contributed by atoms with Crippen molar-refractivity contribution in [3.8, 4) is 6.07 Å². The smallest absolute Gasteiger partial charge is 0.410 e. The Kier molecular flexibility index (Phi) is 10.5. The molecule has 13 heteroatoms. The highest BCUT2D eigenvalue weighted by molar-refractivity contribution is 5.79. The molecule has 0 unspecified atom stereocenters. The van der Waals surface area contributed by atoms with Crippen molar-refractivity contribution in [3.05, 3.63) is 65.2 Å². The summed E-state index contributed by atoms with van der Waals surface area (Å²) in [5.41, 5.74) is 2.75. The van der Waals surface area contributed by atoms with Crippen LogP contribution in [0.5, 0.6) is 0 Å². The molecule has 232 valence electrons. The lowest BCUT2D eigenvalue weighted by molar-refractivity contribution is -0.141. The predicted octanol–water partition coefficient (Wildman–Crippen LogP) is 3.78. The van der Waals surface area contributed by atoms with Crippen LogP contribution in [0.4, 0.5) is 28.3 Å². The van der Waals surface area contributed by atoms with Gasteiger partial charge in [0.15, 0.2) is 0 Å². The van der Waals surface area contributed by atoms with Crippen LogP contribution in [0.15, 0.2) is 48.5 Å². The topological polar surface area (TPSA) is 158 Å². The second kappa shape index (κ2) is 14.5. The Labute approximate surface area is 257 Å². The van der Waals surface area contributed by atoms with Crippen LogP contribution in [-0.2, 0) is 27.2 Å². The van der Waals surface area contributed by atoms with E-state index in [0.717, 1.165) is 36.4 Å². The molecule has 3 aromatic rings. The number of ether oxygens (including phenoxy) is 2. The number of piperazine rings is 1. The second-order valence-corrected chi connectivity index (χ2v) is 11.4. The van der Waals surface area contributed by atoms with Crippen molar-refractivity contribution in [1.29, 1.82) is 5.26 Å². The van der Waals surface area contributed by atoms with Crippen molar-refractivity contribution < 1.29 is 19.1 Å². The molecule has 1 amide bonds. The normalized spacial score (nSPS) is 14.2. The van der Waals surface area contributed by atoms with Gasteiger partial charge in [-0.25, -0.2) is 9.59 Å². The van der Waals surface area contributed by atoms with E-state index in [0.29, 0.717) is 31.0 Å². The number of anilines is 4. The number of methoxy groups -OCH3 is 1. The molecule has 1 atom stereocenters. The van der Waals surface area contributed by atoms with Crippen LogP contribution in [0.25, 0.3) is 0 Å². The minimum absolute atomic E-state index is 0.190. The monoisotopic (exact) mass is 601 g/mol. The van der Waals surface area contributed by atoms with Crippen molar-refractivity contribution in [1.82, 2.24) is 24.8 Å². The second-order valence-electron chi connectivity index (χ2n) is 11.4. The third-order valence-electron chi connectivity index (χ3n) is 6.78. The van der Waals surface area contributed by atoms with E-state index in [-0.39, 0.29) is 18.0 Å². The lowest BCUT2D eigenvalue weighted by atomic mass is 10.0. The summed E-state index contributed by atoms with van der Waals surface area (Å²) in [5, 5.41) is 18.3. The molecule has 1 aromatic heterocycles. The lowest BCUT2D eigenvalue weighted by Gasteiger charge is -2.35. The third kappa shape index (κ3) is 9.27. The quantitative estimate of drug-likeness (QED) is 0.289. The maximum atomic E-state index is 12.6. The standard InChI is InChI=1S/C31H39N9O4/c1-31(2,3)44-30(42)40-15-13-39(14-16-40)20-23-7-6-8-24(17-23)34-28-36-27(33-4)37-29(38-28)35-25(26(41)43-5)18-21-9-11-22(19-32)12-10-21/h6-12,17,25H,13-16,18,20H2,1-5H3,(H3,33,34,35,36,37,38)/t25-/m0/s1. The molecular formula is C31H39N9O4. The highest BCUT2D eigenvalue weighted by Gasteiger charge is 2.26. The number of nitrogens with one attached hydrogen (secondary N) is 3. The first-order valence-corrected chi connectivity index (χ1v) is 14.4. The maximum absolute atomic E-state index is 12.6. The van der Waals surface area contributed by atoms with Gasteiger partial charge in [0.25, 0.3) is 0 Å². The Bertz CT molecular complexity index is 1480. The molecule has 0 aliphatic carbocycles. The SMILES string of the molecule is CNc1nc(Nc2cccc(CN3CCN(C(=O)OC(C)(C)C)CC3)c2)nc(N[C@@H](Cc2ccc(C#N)cc2)C(=O)OC)n1. The van der Waals surface area contributed by atoms with Crippen LogP contribution >= 0.6 is 0 Å². The number of rotatable bonds is 10. The van der Waals surface area contributed by atoms with Gasteiger partial charge in [-0.05, 0) is 56.2 Å². The largest absolute Gasteiger partial charge is 0.467 e. The molecule has 0 bridgehead atoms. The van der Waals surface area contributed by atoms with Crippen LogP contribution in [-0.4, -0.2) is 88.8 Å². The minimum Gasteiger partial charge on any atom is -0.467 e. The van der Waals surface area contributed by atoms with Gasteiger partial charge in [-0.3, -0.25) is 4.90 Å². The Hall–Kier alpha value is -4.96. The number of nitriles is 1. The van der Waals surface area contributed by atoms with Crippen LogP contribution in [0, 0.1) is 11.3 Å². The Morgan fingerprint density at radius 2 is 1.66 bits per heavy atom. The van der Waals surface area contributed by atoms with Gasteiger partial charge in [0.05, 0.1) is 18.7 Å². The van der Waals surface area contributed by atoms with Gasteiger partial charge < -0.3 is 30.3 Å². The summed E-state index contributed by atoms with van der Waals surface area (Å²) in [6.07, 6.45) is 0.0261. The molecule has 1 saturated heterocycles. The van der Waals surface area contributed by atoms with Crippen LogP contribution in [0.2, 0.25) is 0 Å². The first-order chi connectivity index (χ1) is 21.0. The maximum Gasteiger partial charge on any atom is 0.410 e. The van der Waals surface area contributed by atoms with Gasteiger partial charge in [-0.1, -0.05) is 24.3 Å². The Morgan fingerprint density at radius 3 is 2.30 bits per heavy atom. The van der Waals surface area contributed by atoms with E-state index in [1.165, 1.54) is 7.11 Å². The summed E-state index contributed by atoms with van der Waals surface area (Å²) in [6, 6.07) is 16.3. The van der Waals surface area contributed by atoms with Crippen LogP contribution in [0.3, 0.4) is 0 Å². The molecule has 2 heterocycles. The summed E-state index contributed by atoms with van der Waals surface area (Å²) < 4.78 is 10.5. The average Bonchev–Trinajstić information content (AvgIpc) is 3.00. The average molecular weight is 602 g/mol. The Balaban J connectivity index is 1.41. The zero-order chi connectivity index (χ0) is 31.7. The fraction of sp³-hybridized carbons (Fsp3) is 0.419. The summed E-state index contributed by atoms with van der Waals surface area (Å²) in [5.74, 6) is 0.313. The van der Waals surface area contributed by atoms with Gasteiger partial charge in [0, 0.05) is 51.9 Å². The molecule has 0 radical (unpaired) electrons. The molecule has 0 spiro atoms. The predicted molar refractivity (Wildman–Crippen MR) is 166 cm³/mol. The van der Waals surface area contributed by atoms with Crippen LogP contribution in [0.1, 0.15) is 37.5 Å². The van der Waals surface area contributed by atoms with Crippen molar-refractivity contribution in [2.45, 2.75) is 45.4 Å². The zero-order valence-corrected chi connectivity index (χ0v) is 25.8. The van der Waals surface area contributed by atoms with Gasteiger partial charge in [0.2, 0.25) is 17.8 Å². The summed E-state index contributed by atoms with van der Waals surface area (Å²) in [4.78, 5) is 42.4. The number of amides is 1. The Morgan fingerprint density at radius 1 is 0.977 bits per heavy atom. The molecule has 44 heavy (non-hydrogen) atoms. The van der Waals surface area contributed by atoms with Crippen molar-refractivity contribution >= 4 is 35.6 Å². The van der Waals surface area contributed by atoms with Gasteiger partial charge >= 0.3 is 12.1 Å². The van der Waals surface area contributed by atoms with Crippen LogP contribution < -0.4 is 16.0 Å². The van der Waals surface area contributed by atoms with Crippen molar-refractivity contribution in [2.24, 2.45) is 0 Å². The molecule has 4 rings (SSSR count). The number of carbonyl (C=O) groups is 2. The lowest BCUT2D eigenvalue weighted by Crippen LogP contribution is -2.49. The molecule has 2 aromatic carbocycles. The van der Waals surface area contributed by atoms with E-state index in [4.69, 9.17) is 14.7 Å². The number of hydrogen-bond acceptors (Lipinski definition) is 12. The molecule has 1 fully saturated rings. The van der Waals surface area contributed by atoms with Gasteiger partial charge in [-0.15, -0.1) is 0 Å². The molecule has 3 N–H and O–H groups in total. The number of benzene rings is 2. The number of hydrogen-bond donors (Lipinski definition) is 3. The summed E-state index contributed by atoms with van der Waals surface area (Å²) in [7, 11) is 3.02. The van der Waals surface area contributed by atoms with E-state index in [1.807, 2.05) is 39.0 Å². The highest BCUT2D eigenvalue weighted by atomic mass is 16.6. The molecule has 0 saturated carbocycles. The first kappa shape index (κ1) is 32.0. The number of carbonyl (C=O) groups excluding carboxylic acids is 2. The fourth-order valence-corrected chi connectivity index (χ4v) is 4.60. The summed E-state index contributed by atoms with van der Waals surface area (Å²) >= 11 is 0. The number of esters is 1. The van der Waals surface area contributed by atoms with Crippen molar-refractivity contribution in [2.75, 3.05) is 56.3 Å². The molecular weight excluding hydrogens is 562 g/mol. The molecule has 1 aliphatic rings. The number of nitrogens with zero attached hydrogens (tertiary/aromatic N) is 6. The summed E-state index contributed by atoms with van der Waals surface area (Å²) in [6.45, 7) is 9.04. The zero-order valence-electron chi connectivity index (χ0n) is 25.8. The highest BCUT2D eigenvalue weighted by Crippen LogP contribution is 2.20. The molecule has 13 nitrogen and oxygen atoms in total. The van der Waals surface area contributed by atoms with E-state index < -0.39 is 17.6 Å². The van der Waals surface area contributed by atoms with E-state index in [9.17, 15) is 9.59 Å². The fourth-order valence-electron chi connectivity index (χ4n) is 4.60.